The van der Waals surface area contributed by atoms with Crippen LogP contribution in [-0.2, 0) is 14.2 Å². The molecule has 2 aliphatic heterocycles. The van der Waals surface area contributed by atoms with E-state index in [9.17, 15) is 0 Å². The van der Waals surface area contributed by atoms with Crippen molar-refractivity contribution in [2.75, 3.05) is 5.33 Å². The van der Waals surface area contributed by atoms with Gasteiger partial charge in [-0.3, -0.25) is 0 Å². The van der Waals surface area contributed by atoms with Gasteiger partial charge in [0.2, 0.25) is 0 Å². The predicted octanol–water partition coefficient (Wildman–Crippen LogP) is 1.65. The minimum Gasteiger partial charge on any atom is -0.346 e. The zero-order chi connectivity index (χ0) is 8.77. The molecule has 70 valence electrons. The zero-order valence-electron chi connectivity index (χ0n) is 7.25. The smallest absolute Gasteiger partial charge is 0.187 e. The van der Waals surface area contributed by atoms with E-state index in [2.05, 4.69) is 15.9 Å². The summed E-state index contributed by atoms with van der Waals surface area (Å²) in [6.45, 7) is 3.83. The Labute approximate surface area is 80.5 Å². The summed E-state index contributed by atoms with van der Waals surface area (Å²) in [7, 11) is 0. The maximum Gasteiger partial charge on any atom is 0.187 e. The Balaban J connectivity index is 1.97. The van der Waals surface area contributed by atoms with Gasteiger partial charge in [-0.2, -0.15) is 0 Å². The maximum atomic E-state index is 5.64. The second kappa shape index (κ2) is 2.94. The van der Waals surface area contributed by atoms with Gasteiger partial charge in [-0.1, -0.05) is 15.9 Å². The Morgan fingerprint density at radius 3 is 2.75 bits per heavy atom. The van der Waals surface area contributed by atoms with Crippen LogP contribution >= 0.6 is 15.9 Å². The molecular formula is C8H13BrO3. The topological polar surface area (TPSA) is 27.7 Å². The van der Waals surface area contributed by atoms with Gasteiger partial charge < -0.3 is 14.2 Å². The molecule has 2 rings (SSSR count). The lowest BCUT2D eigenvalue weighted by Crippen LogP contribution is -2.25. The van der Waals surface area contributed by atoms with Crippen LogP contribution < -0.4 is 0 Å². The van der Waals surface area contributed by atoms with Crippen molar-refractivity contribution in [1.82, 2.24) is 0 Å². The Hall–Kier alpha value is 0.360. The lowest BCUT2D eigenvalue weighted by atomic mass is 10.2. The molecule has 3 atom stereocenters. The van der Waals surface area contributed by atoms with Crippen LogP contribution in [-0.4, -0.2) is 29.6 Å². The average Bonchev–Trinajstić information content (AvgIpc) is 2.40. The molecular weight excluding hydrogens is 224 g/mol. The molecule has 2 aliphatic rings. The molecule has 0 aromatic carbocycles. The molecule has 0 saturated carbocycles. The van der Waals surface area contributed by atoms with E-state index in [1.165, 1.54) is 0 Å². The largest absolute Gasteiger partial charge is 0.346 e. The molecule has 0 aromatic rings. The first-order chi connectivity index (χ1) is 5.61. The van der Waals surface area contributed by atoms with Gasteiger partial charge in [0.05, 0.1) is 6.10 Å². The average molecular weight is 237 g/mol. The van der Waals surface area contributed by atoms with Crippen molar-refractivity contribution in [3.8, 4) is 0 Å². The molecule has 0 aromatic heterocycles. The highest BCUT2D eigenvalue weighted by Gasteiger charge is 2.48. The monoisotopic (exact) mass is 236 g/mol. The van der Waals surface area contributed by atoms with E-state index in [-0.39, 0.29) is 18.5 Å². The summed E-state index contributed by atoms with van der Waals surface area (Å²) in [4.78, 5) is 0. The second-order valence-corrected chi connectivity index (χ2v) is 4.34. The number of halogens is 1. The molecule has 3 nitrogen and oxygen atoms in total. The van der Waals surface area contributed by atoms with Gasteiger partial charge in [-0.25, -0.2) is 0 Å². The quantitative estimate of drug-likeness (QED) is 0.649. The van der Waals surface area contributed by atoms with Crippen molar-refractivity contribution in [2.45, 2.75) is 44.6 Å². The second-order valence-electron chi connectivity index (χ2n) is 3.69. The van der Waals surface area contributed by atoms with Crippen molar-refractivity contribution in [1.29, 1.82) is 0 Å². The van der Waals surface area contributed by atoms with Crippen molar-refractivity contribution < 1.29 is 14.2 Å². The van der Waals surface area contributed by atoms with Crippen molar-refractivity contribution in [2.24, 2.45) is 0 Å². The highest BCUT2D eigenvalue weighted by Crippen LogP contribution is 2.37. The summed E-state index contributed by atoms with van der Waals surface area (Å²) in [5, 5.41) is 0.854. The fourth-order valence-electron chi connectivity index (χ4n) is 1.68. The lowest BCUT2D eigenvalue weighted by molar-refractivity contribution is -0.202. The Kier molecular flexibility index (Phi) is 2.19. The van der Waals surface area contributed by atoms with Gasteiger partial charge in [0.25, 0.3) is 0 Å². The fourth-order valence-corrected chi connectivity index (χ4v) is 2.10. The van der Waals surface area contributed by atoms with Crippen LogP contribution in [0.5, 0.6) is 0 Å². The molecule has 0 N–H and O–H groups in total. The molecule has 0 radical (unpaired) electrons. The highest BCUT2D eigenvalue weighted by atomic mass is 79.9. The van der Waals surface area contributed by atoms with Crippen LogP contribution in [0.1, 0.15) is 20.3 Å². The highest BCUT2D eigenvalue weighted by molar-refractivity contribution is 9.09. The summed E-state index contributed by atoms with van der Waals surface area (Å²) in [5.41, 5.74) is 0. The van der Waals surface area contributed by atoms with Gasteiger partial charge in [0.15, 0.2) is 12.1 Å². The Bertz CT molecular complexity index is 167. The van der Waals surface area contributed by atoms with E-state index in [1.54, 1.807) is 0 Å². The van der Waals surface area contributed by atoms with E-state index in [1.807, 2.05) is 13.8 Å². The third kappa shape index (κ3) is 1.53. The molecule has 2 fully saturated rings. The zero-order valence-corrected chi connectivity index (χ0v) is 8.83. The normalized spacial score (nSPS) is 44.8. The van der Waals surface area contributed by atoms with Gasteiger partial charge in [0.1, 0.15) is 6.10 Å². The number of ether oxygens (including phenoxy) is 3. The van der Waals surface area contributed by atoms with Gasteiger partial charge >= 0.3 is 0 Å². The summed E-state index contributed by atoms with van der Waals surface area (Å²) in [6, 6.07) is 0. The third-order valence-electron chi connectivity index (χ3n) is 2.13. The van der Waals surface area contributed by atoms with E-state index in [4.69, 9.17) is 14.2 Å². The number of hydrogen-bond acceptors (Lipinski definition) is 3. The lowest BCUT2D eigenvalue weighted by Gasteiger charge is -2.19. The number of rotatable bonds is 1. The molecule has 0 aliphatic carbocycles. The van der Waals surface area contributed by atoms with E-state index < -0.39 is 5.79 Å². The molecule has 4 heteroatoms. The van der Waals surface area contributed by atoms with Crippen LogP contribution in [0.15, 0.2) is 0 Å². The maximum absolute atomic E-state index is 5.64. The first-order valence-corrected chi connectivity index (χ1v) is 5.30. The number of fused-ring (bicyclic) bond motifs is 1. The minimum absolute atomic E-state index is 0.127. The SMILES string of the molecule is CC1(C)O[C@H]2O[C@H](CBr)C[C@H]2O1. The summed E-state index contributed by atoms with van der Waals surface area (Å²) >= 11 is 3.38. The Morgan fingerprint density at radius 2 is 2.17 bits per heavy atom. The van der Waals surface area contributed by atoms with Crippen LogP contribution in [0.2, 0.25) is 0 Å². The van der Waals surface area contributed by atoms with E-state index >= 15 is 0 Å². The number of alkyl halides is 1. The fraction of sp³-hybridized carbons (Fsp3) is 1.00. The van der Waals surface area contributed by atoms with Crippen LogP contribution in [0, 0.1) is 0 Å². The van der Waals surface area contributed by atoms with Crippen LogP contribution in [0.3, 0.4) is 0 Å². The first kappa shape index (κ1) is 8.94. The molecule has 0 bridgehead atoms. The third-order valence-corrected chi connectivity index (χ3v) is 2.85. The van der Waals surface area contributed by atoms with Crippen molar-refractivity contribution in [3.05, 3.63) is 0 Å². The molecule has 2 saturated heterocycles. The summed E-state index contributed by atoms with van der Waals surface area (Å²) in [5.74, 6) is -0.466. The minimum atomic E-state index is -0.466. The van der Waals surface area contributed by atoms with Gasteiger partial charge in [0, 0.05) is 11.8 Å². The molecule has 0 unspecified atom stereocenters. The van der Waals surface area contributed by atoms with Crippen LogP contribution in [0.25, 0.3) is 0 Å². The molecule has 12 heavy (non-hydrogen) atoms. The van der Waals surface area contributed by atoms with Crippen molar-refractivity contribution in [3.63, 3.8) is 0 Å². The molecule has 0 spiro atoms. The summed E-state index contributed by atoms with van der Waals surface area (Å²) in [6.07, 6.45) is 1.15. The first-order valence-electron chi connectivity index (χ1n) is 4.18. The van der Waals surface area contributed by atoms with E-state index in [0.717, 1.165) is 11.8 Å². The van der Waals surface area contributed by atoms with Gasteiger partial charge in [-0.15, -0.1) is 0 Å². The predicted molar refractivity (Wildman–Crippen MR) is 47.1 cm³/mol. The van der Waals surface area contributed by atoms with Gasteiger partial charge in [-0.05, 0) is 13.8 Å². The number of hydrogen-bond donors (Lipinski definition) is 0. The Morgan fingerprint density at radius 1 is 1.42 bits per heavy atom. The van der Waals surface area contributed by atoms with E-state index in [0.29, 0.717) is 0 Å². The standard InChI is InChI=1S/C8H13BrO3/c1-8(2)11-6-3-5(4-9)10-7(6)12-8/h5-7H,3-4H2,1-2H3/t5-,6+,7+/m0/s1. The van der Waals surface area contributed by atoms with Crippen LogP contribution in [0.4, 0.5) is 0 Å². The molecule has 2 heterocycles. The van der Waals surface area contributed by atoms with Crippen molar-refractivity contribution >= 4 is 15.9 Å². The molecule has 0 amide bonds. The summed E-state index contributed by atoms with van der Waals surface area (Å²) < 4.78 is 16.8.